The quantitative estimate of drug-likeness (QED) is 0.775. The summed E-state index contributed by atoms with van der Waals surface area (Å²) in [7, 11) is 0. The predicted octanol–water partition coefficient (Wildman–Crippen LogP) is 4.97. The first-order chi connectivity index (χ1) is 12.1. The Morgan fingerprint density at radius 1 is 1.04 bits per heavy atom. The number of carboxylic acid groups (broad SMARTS) is 1. The molecule has 2 aliphatic carbocycles. The summed E-state index contributed by atoms with van der Waals surface area (Å²) in [6.45, 7) is 0.753. The van der Waals surface area contributed by atoms with Gasteiger partial charge in [-0.25, -0.2) is 0 Å². The number of benzene rings is 2. The van der Waals surface area contributed by atoms with E-state index in [1.54, 1.807) is 0 Å². The molecule has 0 unspecified atom stereocenters. The minimum absolute atomic E-state index is 0.0170. The monoisotopic (exact) mass is 338 g/mol. The molecule has 2 aliphatic rings. The summed E-state index contributed by atoms with van der Waals surface area (Å²) < 4.78 is 6.42. The molecule has 0 heterocycles. The van der Waals surface area contributed by atoms with E-state index in [0.717, 1.165) is 51.6 Å². The second-order valence-corrected chi connectivity index (χ2v) is 7.99. The van der Waals surface area contributed by atoms with Crippen LogP contribution in [0.1, 0.15) is 50.5 Å². The highest BCUT2D eigenvalue weighted by Crippen LogP contribution is 2.60. The average molecular weight is 338 g/mol. The summed E-state index contributed by atoms with van der Waals surface area (Å²) >= 11 is 0. The van der Waals surface area contributed by atoms with Crippen molar-refractivity contribution in [3.8, 4) is 0 Å². The standard InChI is InChI=1S/C22H26O3/c23-20(24)8-10-21-11-13-22(16-21,14-12-21)25-15-9-18-6-3-5-17-4-1-2-7-19(17)18/h1-7H,8-16H2,(H,23,24). The molecule has 0 amide bonds. The maximum Gasteiger partial charge on any atom is 0.303 e. The van der Waals surface area contributed by atoms with Crippen LogP contribution in [-0.2, 0) is 16.0 Å². The first-order valence-corrected chi connectivity index (χ1v) is 9.42. The lowest BCUT2D eigenvalue weighted by molar-refractivity contribution is -0.137. The highest BCUT2D eigenvalue weighted by atomic mass is 16.5. The maximum atomic E-state index is 10.9. The van der Waals surface area contributed by atoms with Crippen molar-refractivity contribution >= 4 is 16.7 Å². The van der Waals surface area contributed by atoms with Crippen molar-refractivity contribution in [3.63, 3.8) is 0 Å². The largest absolute Gasteiger partial charge is 0.481 e. The number of fused-ring (bicyclic) bond motifs is 3. The van der Waals surface area contributed by atoms with Crippen LogP contribution in [0, 0.1) is 5.41 Å². The van der Waals surface area contributed by atoms with Gasteiger partial charge in [-0.1, -0.05) is 42.5 Å². The first kappa shape index (κ1) is 16.6. The molecule has 2 fully saturated rings. The van der Waals surface area contributed by atoms with Gasteiger partial charge in [-0.15, -0.1) is 0 Å². The van der Waals surface area contributed by atoms with E-state index in [9.17, 15) is 4.79 Å². The Balaban J connectivity index is 1.37. The highest BCUT2D eigenvalue weighted by Gasteiger charge is 2.54. The van der Waals surface area contributed by atoms with Gasteiger partial charge in [0.15, 0.2) is 0 Å². The molecule has 2 bridgehead atoms. The Morgan fingerprint density at radius 2 is 1.80 bits per heavy atom. The zero-order chi connectivity index (χ0) is 17.3. The molecular weight excluding hydrogens is 312 g/mol. The van der Waals surface area contributed by atoms with Crippen LogP contribution in [0.15, 0.2) is 42.5 Å². The fourth-order valence-corrected chi connectivity index (χ4v) is 5.07. The molecular formula is C22H26O3. The van der Waals surface area contributed by atoms with Crippen molar-refractivity contribution < 1.29 is 14.6 Å². The zero-order valence-electron chi connectivity index (χ0n) is 14.7. The Morgan fingerprint density at radius 3 is 2.60 bits per heavy atom. The molecule has 0 radical (unpaired) electrons. The van der Waals surface area contributed by atoms with Gasteiger partial charge < -0.3 is 9.84 Å². The summed E-state index contributed by atoms with van der Waals surface area (Å²) in [5, 5.41) is 11.6. The molecule has 4 rings (SSSR count). The Labute approximate surface area is 149 Å². The fourth-order valence-electron chi connectivity index (χ4n) is 5.07. The smallest absolute Gasteiger partial charge is 0.303 e. The summed E-state index contributed by atoms with van der Waals surface area (Å²) in [6.07, 6.45) is 7.57. The Kier molecular flexibility index (Phi) is 4.28. The molecule has 0 saturated heterocycles. The fraction of sp³-hybridized carbons (Fsp3) is 0.500. The molecule has 2 saturated carbocycles. The van der Waals surface area contributed by atoms with Crippen LogP contribution in [0.25, 0.3) is 10.8 Å². The van der Waals surface area contributed by atoms with E-state index in [-0.39, 0.29) is 11.0 Å². The van der Waals surface area contributed by atoms with E-state index < -0.39 is 5.97 Å². The van der Waals surface area contributed by atoms with Crippen LogP contribution >= 0.6 is 0 Å². The molecule has 0 aromatic heterocycles. The lowest BCUT2D eigenvalue weighted by atomic mass is 9.80. The molecule has 132 valence electrons. The van der Waals surface area contributed by atoms with Gasteiger partial charge in [0.2, 0.25) is 0 Å². The topological polar surface area (TPSA) is 46.5 Å². The Hall–Kier alpha value is -1.87. The van der Waals surface area contributed by atoms with E-state index >= 15 is 0 Å². The second kappa shape index (κ2) is 6.45. The number of aliphatic carboxylic acids is 1. The summed E-state index contributed by atoms with van der Waals surface area (Å²) in [4.78, 5) is 10.9. The van der Waals surface area contributed by atoms with Crippen LogP contribution < -0.4 is 0 Å². The van der Waals surface area contributed by atoms with Crippen molar-refractivity contribution in [2.75, 3.05) is 6.61 Å². The summed E-state index contributed by atoms with van der Waals surface area (Å²) in [6, 6.07) is 15.0. The zero-order valence-corrected chi connectivity index (χ0v) is 14.7. The van der Waals surface area contributed by atoms with Crippen molar-refractivity contribution in [3.05, 3.63) is 48.0 Å². The van der Waals surface area contributed by atoms with Crippen LogP contribution in [0.2, 0.25) is 0 Å². The normalized spacial score (nSPS) is 27.8. The molecule has 1 N–H and O–H groups in total. The molecule has 2 aromatic carbocycles. The van der Waals surface area contributed by atoms with Crippen molar-refractivity contribution in [1.29, 1.82) is 0 Å². The minimum Gasteiger partial charge on any atom is -0.481 e. The van der Waals surface area contributed by atoms with Crippen molar-refractivity contribution in [2.45, 2.75) is 57.0 Å². The number of hydrogen-bond donors (Lipinski definition) is 1. The van der Waals surface area contributed by atoms with E-state index in [0.29, 0.717) is 6.42 Å². The number of rotatable bonds is 7. The molecule has 0 aliphatic heterocycles. The van der Waals surface area contributed by atoms with Gasteiger partial charge in [0.05, 0.1) is 12.2 Å². The molecule has 2 aromatic rings. The molecule has 0 atom stereocenters. The number of hydrogen-bond acceptors (Lipinski definition) is 2. The molecule has 3 heteroatoms. The summed E-state index contributed by atoms with van der Waals surface area (Å²) in [5.41, 5.74) is 1.60. The number of carboxylic acids is 1. The number of ether oxygens (including phenoxy) is 1. The summed E-state index contributed by atoms with van der Waals surface area (Å²) in [5.74, 6) is -0.671. The maximum absolute atomic E-state index is 10.9. The van der Waals surface area contributed by atoms with Crippen LogP contribution in [0.3, 0.4) is 0 Å². The average Bonchev–Trinajstić information content (AvgIpc) is 3.17. The van der Waals surface area contributed by atoms with Gasteiger partial charge in [-0.2, -0.15) is 0 Å². The van der Waals surface area contributed by atoms with E-state index in [1.807, 2.05) is 0 Å². The van der Waals surface area contributed by atoms with Crippen molar-refractivity contribution in [2.24, 2.45) is 5.41 Å². The van der Waals surface area contributed by atoms with Gasteiger partial charge >= 0.3 is 5.97 Å². The number of carbonyl (C=O) groups is 1. The van der Waals surface area contributed by atoms with Crippen LogP contribution in [0.4, 0.5) is 0 Å². The third-order valence-electron chi connectivity index (χ3n) is 6.45. The second-order valence-electron chi connectivity index (χ2n) is 7.99. The van der Waals surface area contributed by atoms with Crippen molar-refractivity contribution in [1.82, 2.24) is 0 Å². The van der Waals surface area contributed by atoms with Gasteiger partial charge in [-0.05, 0) is 66.7 Å². The SMILES string of the molecule is O=C(O)CCC12CCC(OCCc3cccc4ccccc34)(CC1)C2. The molecule has 25 heavy (non-hydrogen) atoms. The first-order valence-electron chi connectivity index (χ1n) is 9.42. The lowest BCUT2D eigenvalue weighted by Gasteiger charge is -2.28. The molecule has 0 spiro atoms. The predicted molar refractivity (Wildman–Crippen MR) is 98.7 cm³/mol. The van der Waals surface area contributed by atoms with E-state index in [2.05, 4.69) is 42.5 Å². The van der Waals surface area contributed by atoms with Crippen LogP contribution in [-0.4, -0.2) is 23.3 Å². The third kappa shape index (κ3) is 3.30. The van der Waals surface area contributed by atoms with E-state index in [4.69, 9.17) is 9.84 Å². The van der Waals surface area contributed by atoms with E-state index in [1.165, 1.54) is 16.3 Å². The molecule has 3 nitrogen and oxygen atoms in total. The lowest BCUT2D eigenvalue weighted by Crippen LogP contribution is -2.27. The van der Waals surface area contributed by atoms with Gasteiger partial charge in [0.1, 0.15) is 0 Å². The van der Waals surface area contributed by atoms with Gasteiger partial charge in [-0.3, -0.25) is 4.79 Å². The third-order valence-corrected chi connectivity index (χ3v) is 6.45. The Bertz CT molecular complexity index is 766. The van der Waals surface area contributed by atoms with Gasteiger partial charge in [0, 0.05) is 6.42 Å². The van der Waals surface area contributed by atoms with Crippen LogP contribution in [0.5, 0.6) is 0 Å². The minimum atomic E-state index is -0.671. The highest BCUT2D eigenvalue weighted by molar-refractivity contribution is 5.85. The van der Waals surface area contributed by atoms with Gasteiger partial charge in [0.25, 0.3) is 0 Å².